The largest absolute Gasteiger partial charge is 0.467 e. The van der Waals surface area contributed by atoms with E-state index in [9.17, 15) is 9.59 Å². The third-order valence-corrected chi connectivity index (χ3v) is 2.90. The van der Waals surface area contributed by atoms with Crippen molar-refractivity contribution in [3.63, 3.8) is 0 Å². The lowest BCUT2D eigenvalue weighted by Crippen LogP contribution is -2.45. The fourth-order valence-electron chi connectivity index (χ4n) is 1.52. The fraction of sp³-hybridized carbons (Fsp3) is 0.462. The first-order valence-electron chi connectivity index (χ1n) is 5.88. The second kappa shape index (κ2) is 6.74. The summed E-state index contributed by atoms with van der Waals surface area (Å²) in [6.45, 7) is 3.85. The average molecular weight is 250 g/mol. The van der Waals surface area contributed by atoms with Crippen LogP contribution in [0, 0.1) is 5.92 Å². The molecular weight excluding hydrogens is 232 g/mol. The number of hydrogen-bond acceptors (Lipinski definition) is 4. The first-order valence-corrected chi connectivity index (χ1v) is 5.88. The van der Waals surface area contributed by atoms with E-state index < -0.39 is 12.0 Å². The molecule has 2 atom stereocenters. The molecule has 1 rings (SSSR count). The summed E-state index contributed by atoms with van der Waals surface area (Å²) < 4.78 is 4.71. The van der Waals surface area contributed by atoms with Gasteiger partial charge in [-0.25, -0.2) is 4.79 Å². The van der Waals surface area contributed by atoms with E-state index in [-0.39, 0.29) is 11.8 Å². The van der Waals surface area contributed by atoms with E-state index in [0.29, 0.717) is 5.56 Å². The zero-order valence-corrected chi connectivity index (χ0v) is 10.8. The molecule has 1 heterocycles. The van der Waals surface area contributed by atoms with Gasteiger partial charge in [-0.15, -0.1) is 0 Å². The number of methoxy groups -OCH3 is 1. The van der Waals surface area contributed by atoms with Crippen molar-refractivity contribution < 1.29 is 14.3 Å². The summed E-state index contributed by atoms with van der Waals surface area (Å²) >= 11 is 0. The maximum atomic E-state index is 11.9. The molecule has 1 amide bonds. The number of carbonyl (C=O) groups excluding carboxylic acids is 2. The lowest BCUT2D eigenvalue weighted by molar-refractivity contribution is -0.144. The van der Waals surface area contributed by atoms with E-state index in [0.717, 1.165) is 6.42 Å². The van der Waals surface area contributed by atoms with Gasteiger partial charge in [0.1, 0.15) is 6.04 Å². The quantitative estimate of drug-likeness (QED) is 0.802. The van der Waals surface area contributed by atoms with Gasteiger partial charge in [0.15, 0.2) is 0 Å². The molecule has 0 bridgehead atoms. The highest BCUT2D eigenvalue weighted by molar-refractivity contribution is 5.96. The number of pyridine rings is 1. The van der Waals surface area contributed by atoms with Crippen LogP contribution in [0.3, 0.4) is 0 Å². The molecular formula is C13H18N2O3. The first kappa shape index (κ1) is 14.2. The minimum atomic E-state index is -0.624. The van der Waals surface area contributed by atoms with Gasteiger partial charge in [0.2, 0.25) is 0 Å². The second-order valence-corrected chi connectivity index (χ2v) is 4.10. The molecule has 5 nitrogen and oxygen atoms in total. The average Bonchev–Trinajstić information content (AvgIpc) is 2.43. The minimum Gasteiger partial charge on any atom is -0.467 e. The van der Waals surface area contributed by atoms with E-state index in [1.54, 1.807) is 12.1 Å². The Bertz CT molecular complexity index is 406. The third kappa shape index (κ3) is 3.55. The van der Waals surface area contributed by atoms with Crippen molar-refractivity contribution in [1.29, 1.82) is 0 Å². The summed E-state index contributed by atoms with van der Waals surface area (Å²) in [6.07, 6.45) is 3.84. The Morgan fingerprint density at radius 3 is 2.50 bits per heavy atom. The number of esters is 1. The van der Waals surface area contributed by atoms with Crippen molar-refractivity contribution in [2.45, 2.75) is 26.3 Å². The normalized spacial score (nSPS) is 13.5. The van der Waals surface area contributed by atoms with Crippen molar-refractivity contribution in [3.8, 4) is 0 Å². The fourth-order valence-corrected chi connectivity index (χ4v) is 1.52. The van der Waals surface area contributed by atoms with Crippen molar-refractivity contribution in [1.82, 2.24) is 10.3 Å². The van der Waals surface area contributed by atoms with Gasteiger partial charge in [-0.3, -0.25) is 9.78 Å². The van der Waals surface area contributed by atoms with E-state index in [4.69, 9.17) is 4.74 Å². The van der Waals surface area contributed by atoms with Crippen molar-refractivity contribution >= 4 is 11.9 Å². The number of rotatable bonds is 5. The molecule has 0 spiro atoms. The molecule has 0 aliphatic carbocycles. The van der Waals surface area contributed by atoms with Gasteiger partial charge in [-0.2, -0.15) is 0 Å². The van der Waals surface area contributed by atoms with Crippen LogP contribution < -0.4 is 5.32 Å². The number of hydrogen-bond donors (Lipinski definition) is 1. The Balaban J connectivity index is 2.78. The van der Waals surface area contributed by atoms with Crippen molar-refractivity contribution in [2.75, 3.05) is 7.11 Å². The predicted octanol–water partition coefficient (Wildman–Crippen LogP) is 1.40. The van der Waals surface area contributed by atoms with Crippen LogP contribution in [-0.2, 0) is 9.53 Å². The standard InChI is InChI=1S/C13H18N2O3/c1-4-9(2)11(13(17)18-3)15-12(16)10-5-7-14-8-6-10/h5-9,11H,4H2,1-3H3,(H,15,16)/t9-,11+/m0/s1. The molecule has 1 N–H and O–H groups in total. The highest BCUT2D eigenvalue weighted by Crippen LogP contribution is 2.10. The minimum absolute atomic E-state index is 0.0169. The van der Waals surface area contributed by atoms with Crippen LogP contribution in [0.1, 0.15) is 30.6 Å². The molecule has 18 heavy (non-hydrogen) atoms. The predicted molar refractivity (Wildman–Crippen MR) is 67.0 cm³/mol. The molecule has 98 valence electrons. The topological polar surface area (TPSA) is 68.3 Å². The van der Waals surface area contributed by atoms with Gasteiger partial charge in [0, 0.05) is 18.0 Å². The maximum absolute atomic E-state index is 11.9. The van der Waals surface area contributed by atoms with E-state index in [1.807, 2.05) is 13.8 Å². The molecule has 0 saturated heterocycles. The van der Waals surface area contributed by atoms with Gasteiger partial charge in [-0.05, 0) is 18.1 Å². The number of aromatic nitrogens is 1. The van der Waals surface area contributed by atoms with Gasteiger partial charge in [0.25, 0.3) is 5.91 Å². The number of nitrogens with one attached hydrogen (secondary N) is 1. The maximum Gasteiger partial charge on any atom is 0.328 e. The molecule has 0 saturated carbocycles. The van der Waals surface area contributed by atoms with Crippen LogP contribution in [0.2, 0.25) is 0 Å². The zero-order chi connectivity index (χ0) is 13.5. The van der Waals surface area contributed by atoms with Crippen molar-refractivity contribution in [3.05, 3.63) is 30.1 Å². The number of amides is 1. The number of nitrogens with zero attached hydrogens (tertiary/aromatic N) is 1. The Kier molecular flexibility index (Phi) is 5.30. The summed E-state index contributed by atoms with van der Waals surface area (Å²) in [7, 11) is 1.32. The van der Waals surface area contributed by atoms with E-state index >= 15 is 0 Å². The Hall–Kier alpha value is -1.91. The smallest absolute Gasteiger partial charge is 0.328 e. The molecule has 1 aromatic rings. The Labute approximate surface area is 107 Å². The second-order valence-electron chi connectivity index (χ2n) is 4.10. The van der Waals surface area contributed by atoms with Crippen LogP contribution >= 0.6 is 0 Å². The van der Waals surface area contributed by atoms with E-state index in [1.165, 1.54) is 19.5 Å². The van der Waals surface area contributed by atoms with Crippen molar-refractivity contribution in [2.24, 2.45) is 5.92 Å². The molecule has 0 radical (unpaired) electrons. The van der Waals surface area contributed by atoms with Crippen LogP contribution in [-0.4, -0.2) is 30.0 Å². The Morgan fingerprint density at radius 2 is 2.00 bits per heavy atom. The Morgan fingerprint density at radius 1 is 1.39 bits per heavy atom. The van der Waals surface area contributed by atoms with E-state index in [2.05, 4.69) is 10.3 Å². The van der Waals surface area contributed by atoms with Gasteiger partial charge >= 0.3 is 5.97 Å². The first-order chi connectivity index (χ1) is 8.60. The summed E-state index contributed by atoms with van der Waals surface area (Å²) in [6, 6.07) is 2.57. The molecule has 5 heteroatoms. The summed E-state index contributed by atoms with van der Waals surface area (Å²) in [5.74, 6) is -0.705. The van der Waals surface area contributed by atoms with Crippen LogP contribution in [0.4, 0.5) is 0 Å². The summed E-state index contributed by atoms with van der Waals surface area (Å²) in [4.78, 5) is 27.4. The van der Waals surface area contributed by atoms with Gasteiger partial charge in [0.05, 0.1) is 7.11 Å². The van der Waals surface area contributed by atoms with Crippen LogP contribution in [0.15, 0.2) is 24.5 Å². The molecule has 0 aromatic carbocycles. The van der Waals surface area contributed by atoms with Crippen LogP contribution in [0.25, 0.3) is 0 Å². The number of carbonyl (C=O) groups is 2. The summed E-state index contributed by atoms with van der Waals surface area (Å²) in [5.41, 5.74) is 0.474. The molecule has 0 aliphatic rings. The SMILES string of the molecule is CC[C@H](C)[C@@H](NC(=O)c1ccncc1)C(=O)OC. The van der Waals surface area contributed by atoms with Crippen LogP contribution in [0.5, 0.6) is 0 Å². The highest BCUT2D eigenvalue weighted by atomic mass is 16.5. The lowest BCUT2D eigenvalue weighted by atomic mass is 9.99. The zero-order valence-electron chi connectivity index (χ0n) is 10.8. The van der Waals surface area contributed by atoms with Gasteiger partial charge in [-0.1, -0.05) is 20.3 Å². The molecule has 0 unspecified atom stereocenters. The lowest BCUT2D eigenvalue weighted by Gasteiger charge is -2.21. The summed E-state index contributed by atoms with van der Waals surface area (Å²) in [5, 5.41) is 2.69. The highest BCUT2D eigenvalue weighted by Gasteiger charge is 2.26. The number of ether oxygens (including phenoxy) is 1. The third-order valence-electron chi connectivity index (χ3n) is 2.90. The van der Waals surface area contributed by atoms with Gasteiger partial charge < -0.3 is 10.1 Å². The molecule has 1 aromatic heterocycles. The molecule has 0 fully saturated rings. The monoisotopic (exact) mass is 250 g/mol. The molecule has 0 aliphatic heterocycles.